The molecule has 0 radical (unpaired) electrons. The van der Waals surface area contributed by atoms with Crippen LogP contribution in [0.2, 0.25) is 0 Å². The second-order valence-electron chi connectivity index (χ2n) is 9.29. The normalized spacial score (nSPS) is 39.6. The van der Waals surface area contributed by atoms with Crippen molar-refractivity contribution in [1.29, 1.82) is 0 Å². The molecule has 0 aromatic carbocycles. The number of ether oxygens (including phenoxy) is 3. The number of hydrogen-bond donors (Lipinski definition) is 0. The van der Waals surface area contributed by atoms with Crippen LogP contribution in [0.4, 0.5) is 0 Å². The molecule has 0 N–H and O–H groups in total. The molecule has 0 amide bonds. The highest BCUT2D eigenvalue weighted by Crippen LogP contribution is 2.62. The molecule has 2 saturated carbocycles. The molecule has 1 saturated heterocycles. The smallest absolute Gasteiger partial charge is 0.165 e. The average Bonchev–Trinajstić information content (AvgIpc) is 2.92. The third-order valence-corrected chi connectivity index (χ3v) is 7.30. The lowest BCUT2D eigenvalue weighted by atomic mass is 9.47. The molecule has 138 valence electrons. The van der Waals surface area contributed by atoms with E-state index < -0.39 is 0 Å². The predicted octanol–water partition coefficient (Wildman–Crippen LogP) is 5.30. The Labute approximate surface area is 148 Å². The number of rotatable bonds is 4. The molecule has 0 aromatic heterocycles. The van der Waals surface area contributed by atoms with Crippen LogP contribution < -0.4 is 0 Å². The second kappa shape index (κ2) is 6.64. The molecular weight excluding hydrogens is 300 g/mol. The summed E-state index contributed by atoms with van der Waals surface area (Å²) in [6.45, 7) is 11.1. The lowest BCUT2D eigenvalue weighted by Gasteiger charge is -2.58. The fraction of sp³-hybridized carbons (Fsp3) is 0.905. The minimum absolute atomic E-state index is 0.374. The van der Waals surface area contributed by atoms with E-state index in [4.69, 9.17) is 14.2 Å². The number of fused-ring (bicyclic) bond motifs is 1. The Morgan fingerprint density at radius 2 is 1.83 bits per heavy atom. The van der Waals surface area contributed by atoms with Crippen LogP contribution in [0.25, 0.3) is 0 Å². The van der Waals surface area contributed by atoms with Gasteiger partial charge in [-0.25, -0.2) is 0 Å². The van der Waals surface area contributed by atoms with Gasteiger partial charge in [0.2, 0.25) is 0 Å². The van der Waals surface area contributed by atoms with E-state index in [1.165, 1.54) is 37.7 Å². The van der Waals surface area contributed by atoms with Gasteiger partial charge in [-0.2, -0.15) is 0 Å². The van der Waals surface area contributed by atoms with Crippen LogP contribution in [0.1, 0.15) is 72.6 Å². The molecule has 1 heterocycles. The van der Waals surface area contributed by atoms with E-state index in [1.807, 2.05) is 6.26 Å². The fourth-order valence-corrected chi connectivity index (χ4v) is 6.13. The first-order valence-electron chi connectivity index (χ1n) is 9.80. The fourth-order valence-electron chi connectivity index (χ4n) is 6.13. The maximum atomic E-state index is 5.86. The molecule has 0 aromatic rings. The molecule has 3 nitrogen and oxygen atoms in total. The van der Waals surface area contributed by atoms with Crippen molar-refractivity contribution in [3.05, 3.63) is 11.8 Å². The minimum Gasteiger partial charge on any atom is -0.504 e. The molecule has 1 aliphatic heterocycles. The Kier molecular flexibility index (Phi) is 5.05. The summed E-state index contributed by atoms with van der Waals surface area (Å²) in [7, 11) is 1.79. The van der Waals surface area contributed by atoms with Gasteiger partial charge in [0.1, 0.15) is 0 Å². The zero-order valence-corrected chi connectivity index (χ0v) is 16.3. The minimum atomic E-state index is -0.383. The first-order chi connectivity index (χ1) is 11.3. The summed E-state index contributed by atoms with van der Waals surface area (Å²) >= 11 is 0. The van der Waals surface area contributed by atoms with Gasteiger partial charge in [-0.3, -0.25) is 0 Å². The molecule has 0 unspecified atom stereocenters. The van der Waals surface area contributed by atoms with Gasteiger partial charge >= 0.3 is 0 Å². The summed E-state index contributed by atoms with van der Waals surface area (Å²) in [5, 5.41) is 0. The van der Waals surface area contributed by atoms with Crippen LogP contribution in [-0.4, -0.2) is 26.1 Å². The molecule has 2 aliphatic carbocycles. The highest BCUT2D eigenvalue weighted by atomic mass is 16.7. The monoisotopic (exact) mass is 336 g/mol. The van der Waals surface area contributed by atoms with E-state index in [9.17, 15) is 0 Å². The second-order valence-corrected chi connectivity index (χ2v) is 9.29. The number of hydrogen-bond acceptors (Lipinski definition) is 3. The van der Waals surface area contributed by atoms with Crippen LogP contribution in [0.5, 0.6) is 0 Å². The highest BCUT2D eigenvalue weighted by Gasteiger charge is 2.53. The Hall–Kier alpha value is -0.540. The van der Waals surface area contributed by atoms with E-state index >= 15 is 0 Å². The number of methoxy groups -OCH3 is 1. The van der Waals surface area contributed by atoms with E-state index in [2.05, 4.69) is 27.7 Å². The molecule has 3 heteroatoms. The van der Waals surface area contributed by atoms with Crippen molar-refractivity contribution in [1.82, 2.24) is 0 Å². The zero-order chi connectivity index (χ0) is 17.4. The Morgan fingerprint density at radius 1 is 1.12 bits per heavy atom. The van der Waals surface area contributed by atoms with Crippen molar-refractivity contribution in [2.45, 2.75) is 78.4 Å². The Morgan fingerprint density at radius 3 is 2.50 bits per heavy atom. The van der Waals surface area contributed by atoms with E-state index in [1.54, 1.807) is 7.11 Å². The molecule has 3 atom stereocenters. The van der Waals surface area contributed by atoms with Gasteiger partial charge in [0.25, 0.3) is 0 Å². The van der Waals surface area contributed by atoms with Crippen LogP contribution >= 0.6 is 0 Å². The van der Waals surface area contributed by atoms with Crippen LogP contribution in [-0.2, 0) is 14.2 Å². The average molecular weight is 337 g/mol. The lowest BCUT2D eigenvalue weighted by molar-refractivity contribution is -0.153. The zero-order valence-electron chi connectivity index (χ0n) is 16.3. The Bertz CT molecular complexity index is 475. The first kappa shape index (κ1) is 18.3. The highest BCUT2D eigenvalue weighted by molar-refractivity contribution is 5.17. The standard InChI is InChI=1S/C21H36O3/c1-19(2)10-6-11-20(3)17(9-12-21(4)23-13-14-24-21)16(15-22-5)7-8-18(19)20/h15,17-18H,6-14H2,1-5H3/b16-15+/t17-,18-,20+/m0/s1. The summed E-state index contributed by atoms with van der Waals surface area (Å²) in [5.41, 5.74) is 2.34. The summed E-state index contributed by atoms with van der Waals surface area (Å²) in [6, 6.07) is 0. The van der Waals surface area contributed by atoms with Gasteiger partial charge in [0.15, 0.2) is 5.79 Å². The van der Waals surface area contributed by atoms with Gasteiger partial charge in [-0.1, -0.05) is 27.2 Å². The quantitative estimate of drug-likeness (QED) is 0.652. The van der Waals surface area contributed by atoms with Crippen LogP contribution in [0.15, 0.2) is 11.8 Å². The van der Waals surface area contributed by atoms with Crippen LogP contribution in [0.3, 0.4) is 0 Å². The molecule has 3 rings (SSSR count). The largest absolute Gasteiger partial charge is 0.504 e. The molecule has 0 spiro atoms. The first-order valence-corrected chi connectivity index (χ1v) is 9.80. The summed E-state index contributed by atoms with van der Waals surface area (Å²) in [4.78, 5) is 0. The van der Waals surface area contributed by atoms with Crippen molar-refractivity contribution in [2.24, 2.45) is 22.7 Å². The third-order valence-electron chi connectivity index (χ3n) is 7.30. The van der Waals surface area contributed by atoms with E-state index in [0.29, 0.717) is 16.7 Å². The van der Waals surface area contributed by atoms with Gasteiger partial charge in [-0.15, -0.1) is 0 Å². The molecular formula is C21H36O3. The maximum Gasteiger partial charge on any atom is 0.165 e. The molecule has 0 bridgehead atoms. The third kappa shape index (κ3) is 3.26. The maximum absolute atomic E-state index is 5.86. The molecule has 24 heavy (non-hydrogen) atoms. The van der Waals surface area contributed by atoms with Crippen LogP contribution in [0, 0.1) is 22.7 Å². The summed E-state index contributed by atoms with van der Waals surface area (Å²) < 4.78 is 17.2. The van der Waals surface area contributed by atoms with Crippen molar-refractivity contribution in [3.63, 3.8) is 0 Å². The predicted molar refractivity (Wildman–Crippen MR) is 96.6 cm³/mol. The lowest BCUT2D eigenvalue weighted by Crippen LogP contribution is -2.50. The van der Waals surface area contributed by atoms with Crippen molar-refractivity contribution >= 4 is 0 Å². The molecule has 3 aliphatic rings. The van der Waals surface area contributed by atoms with Crippen molar-refractivity contribution < 1.29 is 14.2 Å². The SMILES string of the molecule is CO/C=C1\CC[C@H]2C(C)(C)CCC[C@]2(C)[C@H]1CCC1(C)OCCO1. The van der Waals surface area contributed by atoms with Gasteiger partial charge < -0.3 is 14.2 Å². The van der Waals surface area contributed by atoms with Gasteiger partial charge in [0, 0.05) is 6.42 Å². The van der Waals surface area contributed by atoms with Gasteiger partial charge in [-0.05, 0) is 67.3 Å². The van der Waals surface area contributed by atoms with E-state index in [0.717, 1.165) is 32.0 Å². The van der Waals surface area contributed by atoms with Crippen molar-refractivity contribution in [2.75, 3.05) is 20.3 Å². The van der Waals surface area contributed by atoms with E-state index in [-0.39, 0.29) is 5.79 Å². The van der Waals surface area contributed by atoms with Gasteiger partial charge in [0.05, 0.1) is 26.6 Å². The van der Waals surface area contributed by atoms with Crippen molar-refractivity contribution in [3.8, 4) is 0 Å². The summed E-state index contributed by atoms with van der Waals surface area (Å²) in [6.07, 6.45) is 10.7. The molecule has 3 fully saturated rings. The topological polar surface area (TPSA) is 27.7 Å². The number of allylic oxidation sites excluding steroid dienone is 1. The Balaban J connectivity index is 1.83. The summed E-state index contributed by atoms with van der Waals surface area (Å²) in [5.74, 6) is 1.00.